The number of hydrogen-bond acceptors (Lipinski definition) is 3. The van der Waals surface area contributed by atoms with Gasteiger partial charge in [-0.1, -0.05) is 43.6 Å². The lowest BCUT2D eigenvalue weighted by molar-refractivity contribution is -0.121. The first-order valence-corrected chi connectivity index (χ1v) is 10.5. The van der Waals surface area contributed by atoms with Crippen LogP contribution in [-0.4, -0.2) is 19.0 Å². The molecule has 28 heavy (non-hydrogen) atoms. The Morgan fingerprint density at radius 1 is 1.18 bits per heavy atom. The van der Waals surface area contributed by atoms with E-state index in [2.05, 4.69) is 41.1 Å². The average Bonchev–Trinajstić information content (AvgIpc) is 3.38. The predicted octanol–water partition coefficient (Wildman–Crippen LogP) is 4.62. The monoisotopic (exact) mass is 397 g/mol. The summed E-state index contributed by atoms with van der Waals surface area (Å²) in [5.74, 6) is 0.593. The molecule has 148 valence electrons. The molecule has 0 saturated heterocycles. The molecule has 1 heterocycles. The number of carbonyl (C=O) groups excluding carboxylic acids is 1. The van der Waals surface area contributed by atoms with Crippen molar-refractivity contribution in [1.82, 2.24) is 5.32 Å². The molecule has 2 atom stereocenters. The Bertz CT molecular complexity index is 880. The van der Waals surface area contributed by atoms with Crippen LogP contribution in [0.3, 0.4) is 0 Å². The van der Waals surface area contributed by atoms with Gasteiger partial charge in [-0.2, -0.15) is 0 Å². The third kappa shape index (κ3) is 3.89. The summed E-state index contributed by atoms with van der Waals surface area (Å²) >= 11 is 6.49. The minimum Gasteiger partial charge on any atom is -0.380 e. The predicted molar refractivity (Wildman–Crippen MR) is 116 cm³/mol. The first kappa shape index (κ1) is 19.3. The zero-order chi connectivity index (χ0) is 19.7. The SMILES string of the molecule is C[C@@H]1C[C@@]1(C)C(=O)Nc1ccc(CNc2c(Cl)ccc3c2CCNCC3)cc1. The van der Waals surface area contributed by atoms with Gasteiger partial charge in [-0.15, -0.1) is 0 Å². The molecule has 1 amide bonds. The van der Waals surface area contributed by atoms with Crippen molar-refractivity contribution in [1.29, 1.82) is 0 Å². The minimum absolute atomic E-state index is 0.123. The van der Waals surface area contributed by atoms with Crippen molar-refractivity contribution in [2.75, 3.05) is 23.7 Å². The second-order valence-electron chi connectivity index (χ2n) is 8.34. The number of anilines is 2. The van der Waals surface area contributed by atoms with Gasteiger partial charge in [0.2, 0.25) is 5.91 Å². The number of benzene rings is 2. The van der Waals surface area contributed by atoms with Gasteiger partial charge in [-0.25, -0.2) is 0 Å². The highest BCUT2D eigenvalue weighted by molar-refractivity contribution is 6.33. The zero-order valence-electron chi connectivity index (χ0n) is 16.6. The van der Waals surface area contributed by atoms with Crippen LogP contribution in [0.1, 0.15) is 37.0 Å². The van der Waals surface area contributed by atoms with Gasteiger partial charge in [0.05, 0.1) is 10.7 Å². The first-order valence-electron chi connectivity index (χ1n) is 10.1. The Balaban J connectivity index is 1.41. The van der Waals surface area contributed by atoms with Crippen molar-refractivity contribution >= 4 is 28.9 Å². The van der Waals surface area contributed by atoms with Crippen molar-refractivity contribution in [3.63, 3.8) is 0 Å². The Hall–Kier alpha value is -2.04. The molecule has 0 aromatic heterocycles. The molecule has 0 unspecified atom stereocenters. The van der Waals surface area contributed by atoms with Crippen LogP contribution in [0.2, 0.25) is 5.02 Å². The van der Waals surface area contributed by atoms with Crippen LogP contribution < -0.4 is 16.0 Å². The van der Waals surface area contributed by atoms with Crippen LogP contribution in [0.15, 0.2) is 36.4 Å². The third-order valence-corrected chi connectivity index (χ3v) is 6.65. The molecular weight excluding hydrogens is 370 g/mol. The molecule has 4 rings (SSSR count). The highest BCUT2D eigenvalue weighted by Crippen LogP contribution is 2.52. The van der Waals surface area contributed by atoms with Gasteiger partial charge >= 0.3 is 0 Å². The quantitative estimate of drug-likeness (QED) is 0.689. The highest BCUT2D eigenvalue weighted by Gasteiger charge is 2.52. The van der Waals surface area contributed by atoms with E-state index in [0.717, 1.165) is 54.3 Å². The number of hydrogen-bond donors (Lipinski definition) is 3. The van der Waals surface area contributed by atoms with Gasteiger partial charge in [0.15, 0.2) is 0 Å². The van der Waals surface area contributed by atoms with Crippen molar-refractivity contribution in [3.05, 3.63) is 58.1 Å². The lowest BCUT2D eigenvalue weighted by Crippen LogP contribution is -2.22. The number of amides is 1. The van der Waals surface area contributed by atoms with Gasteiger partial charge in [0.25, 0.3) is 0 Å². The van der Waals surface area contributed by atoms with Crippen molar-refractivity contribution in [3.8, 4) is 0 Å². The van der Waals surface area contributed by atoms with Crippen LogP contribution >= 0.6 is 11.6 Å². The molecular formula is C23H28ClN3O. The number of carbonyl (C=O) groups is 1. The van der Waals surface area contributed by atoms with Crippen LogP contribution in [0.4, 0.5) is 11.4 Å². The highest BCUT2D eigenvalue weighted by atomic mass is 35.5. The summed E-state index contributed by atoms with van der Waals surface area (Å²) < 4.78 is 0. The topological polar surface area (TPSA) is 53.2 Å². The Labute approximate surface area is 172 Å². The molecule has 0 spiro atoms. The van der Waals surface area contributed by atoms with Crippen molar-refractivity contribution < 1.29 is 4.79 Å². The van der Waals surface area contributed by atoms with E-state index < -0.39 is 0 Å². The van der Waals surface area contributed by atoms with Crippen LogP contribution in [0.25, 0.3) is 0 Å². The molecule has 5 heteroatoms. The molecule has 1 saturated carbocycles. The zero-order valence-corrected chi connectivity index (χ0v) is 17.3. The van der Waals surface area contributed by atoms with E-state index in [-0.39, 0.29) is 11.3 Å². The third-order valence-electron chi connectivity index (χ3n) is 6.34. The summed E-state index contributed by atoms with van der Waals surface area (Å²) in [6, 6.07) is 12.2. The second kappa shape index (κ2) is 7.76. The fraction of sp³-hybridized carbons (Fsp3) is 0.435. The molecule has 2 aromatic rings. The Morgan fingerprint density at radius 3 is 2.61 bits per heavy atom. The number of nitrogens with one attached hydrogen (secondary N) is 3. The van der Waals surface area contributed by atoms with Crippen LogP contribution in [-0.2, 0) is 24.2 Å². The normalized spacial score (nSPS) is 23.5. The van der Waals surface area contributed by atoms with E-state index in [1.807, 2.05) is 25.1 Å². The average molecular weight is 398 g/mol. The molecule has 4 nitrogen and oxygen atoms in total. The van der Waals surface area contributed by atoms with Crippen LogP contribution in [0.5, 0.6) is 0 Å². The molecule has 2 aromatic carbocycles. The van der Waals surface area contributed by atoms with Gasteiger partial charge in [0.1, 0.15) is 0 Å². The van der Waals surface area contributed by atoms with Gasteiger partial charge in [-0.05, 0) is 73.2 Å². The van der Waals surface area contributed by atoms with Gasteiger partial charge < -0.3 is 16.0 Å². The van der Waals surface area contributed by atoms with Crippen molar-refractivity contribution in [2.45, 2.75) is 39.7 Å². The molecule has 1 aliphatic heterocycles. The Morgan fingerprint density at radius 2 is 1.89 bits per heavy atom. The second-order valence-corrected chi connectivity index (χ2v) is 8.74. The summed E-state index contributed by atoms with van der Waals surface area (Å²) in [4.78, 5) is 12.4. The summed E-state index contributed by atoms with van der Waals surface area (Å²) in [6.45, 7) is 6.85. The molecule has 0 bridgehead atoms. The smallest absolute Gasteiger partial charge is 0.230 e. The van der Waals surface area contributed by atoms with Gasteiger partial charge in [0, 0.05) is 17.6 Å². The maximum atomic E-state index is 12.4. The standard InChI is InChI=1S/C23H28ClN3O/c1-15-13-23(15,2)22(28)27-18-6-3-16(4-7-18)14-26-21-19-10-12-25-11-9-17(19)5-8-20(21)24/h3-8,15,25-26H,9-14H2,1-2H3,(H,27,28)/t15-,23-/m1/s1. The van der Waals surface area contributed by atoms with Crippen molar-refractivity contribution in [2.24, 2.45) is 11.3 Å². The molecule has 1 aliphatic carbocycles. The summed E-state index contributed by atoms with van der Waals surface area (Å²) in [5.41, 5.74) is 5.56. The van der Waals surface area contributed by atoms with Gasteiger partial charge in [-0.3, -0.25) is 4.79 Å². The molecule has 0 radical (unpaired) electrons. The maximum absolute atomic E-state index is 12.4. The fourth-order valence-corrected chi connectivity index (χ4v) is 4.24. The number of halogens is 1. The fourth-order valence-electron chi connectivity index (χ4n) is 4.00. The summed E-state index contributed by atoms with van der Waals surface area (Å²) in [5, 5.41) is 10.8. The van der Waals surface area contributed by atoms with E-state index >= 15 is 0 Å². The maximum Gasteiger partial charge on any atom is 0.230 e. The van der Waals surface area contributed by atoms with E-state index in [1.165, 1.54) is 11.1 Å². The number of fused-ring (bicyclic) bond motifs is 1. The largest absolute Gasteiger partial charge is 0.380 e. The van der Waals surface area contributed by atoms with E-state index in [9.17, 15) is 4.79 Å². The van der Waals surface area contributed by atoms with E-state index in [4.69, 9.17) is 11.6 Å². The lowest BCUT2D eigenvalue weighted by atomic mass is 10.0. The van der Waals surface area contributed by atoms with E-state index in [1.54, 1.807) is 0 Å². The number of rotatable bonds is 5. The van der Waals surface area contributed by atoms with E-state index in [0.29, 0.717) is 12.5 Å². The van der Waals surface area contributed by atoms with Crippen LogP contribution in [0, 0.1) is 11.3 Å². The summed E-state index contributed by atoms with van der Waals surface area (Å²) in [6.07, 6.45) is 2.99. The lowest BCUT2D eigenvalue weighted by Gasteiger charge is -2.16. The molecule has 1 fully saturated rings. The molecule has 3 N–H and O–H groups in total. The molecule has 2 aliphatic rings. The first-order chi connectivity index (χ1) is 13.5. The minimum atomic E-state index is -0.197. The summed E-state index contributed by atoms with van der Waals surface area (Å²) in [7, 11) is 0. The Kier molecular flexibility index (Phi) is 5.35.